The number of carbonyl (C=O) groups excluding carboxylic acids is 1. The maximum absolute atomic E-state index is 11.9. The number of benzene rings is 1. The molecule has 1 aromatic carbocycles. The Hall–Kier alpha value is -1.57. The predicted molar refractivity (Wildman–Crippen MR) is 73.6 cm³/mol. The maximum Gasteiger partial charge on any atom is 0.158 e. The first kappa shape index (κ1) is 12.9. The molecule has 0 saturated carbocycles. The molecule has 0 heterocycles. The van der Waals surface area contributed by atoms with E-state index in [9.17, 15) is 4.79 Å². The third-order valence-electron chi connectivity index (χ3n) is 3.73. The van der Waals surface area contributed by atoms with Crippen molar-refractivity contribution in [2.75, 3.05) is 7.11 Å². The first-order valence-corrected chi connectivity index (χ1v) is 6.62. The Morgan fingerprint density at radius 2 is 2.06 bits per heavy atom. The van der Waals surface area contributed by atoms with Crippen LogP contribution in [0.1, 0.15) is 38.7 Å². The molecule has 18 heavy (non-hydrogen) atoms. The molecule has 1 aliphatic carbocycles. The fourth-order valence-electron chi connectivity index (χ4n) is 2.65. The lowest BCUT2D eigenvalue weighted by Gasteiger charge is -2.33. The molecule has 2 nitrogen and oxygen atoms in total. The standard InChI is InChI=1S/C16H20O2/c1-4-11-10-13(14(17)5-2)16(11)12-8-6-7-9-15(12)18-3/h6-9,11H,4-5,10H2,1-3H3/t11-/m0/s1. The summed E-state index contributed by atoms with van der Waals surface area (Å²) in [4.78, 5) is 11.9. The third-order valence-corrected chi connectivity index (χ3v) is 3.73. The van der Waals surface area contributed by atoms with Gasteiger partial charge in [0.1, 0.15) is 5.75 Å². The number of hydrogen-bond donors (Lipinski definition) is 0. The molecular formula is C16H20O2. The summed E-state index contributed by atoms with van der Waals surface area (Å²) in [5, 5.41) is 0. The van der Waals surface area contributed by atoms with Crippen molar-refractivity contribution in [1.82, 2.24) is 0 Å². The van der Waals surface area contributed by atoms with Gasteiger partial charge in [0.05, 0.1) is 7.11 Å². The molecule has 0 fully saturated rings. The minimum atomic E-state index is 0.278. The Morgan fingerprint density at radius 1 is 1.33 bits per heavy atom. The van der Waals surface area contributed by atoms with Crippen molar-refractivity contribution < 1.29 is 9.53 Å². The number of para-hydroxylation sites is 1. The molecule has 0 unspecified atom stereocenters. The van der Waals surface area contributed by atoms with Gasteiger partial charge in [-0.05, 0) is 36.0 Å². The van der Waals surface area contributed by atoms with Gasteiger partial charge in [-0.25, -0.2) is 0 Å². The number of Topliss-reactive ketones (excluding diaryl/α,β-unsaturated/α-hetero) is 1. The first-order valence-electron chi connectivity index (χ1n) is 6.62. The lowest BCUT2D eigenvalue weighted by atomic mass is 9.71. The SMILES string of the molecule is CCC(=O)C1=C(c2ccccc2OC)[C@@H](CC)C1. The Bertz CT molecular complexity index is 486. The molecule has 0 spiro atoms. The van der Waals surface area contributed by atoms with E-state index in [1.165, 1.54) is 5.57 Å². The zero-order chi connectivity index (χ0) is 13.1. The summed E-state index contributed by atoms with van der Waals surface area (Å²) in [5.74, 6) is 1.65. The molecule has 2 heteroatoms. The number of allylic oxidation sites excluding steroid dienone is 2. The van der Waals surface area contributed by atoms with E-state index in [-0.39, 0.29) is 5.78 Å². The predicted octanol–water partition coefficient (Wildman–Crippen LogP) is 3.86. The van der Waals surface area contributed by atoms with Crippen LogP contribution >= 0.6 is 0 Å². The zero-order valence-electron chi connectivity index (χ0n) is 11.3. The van der Waals surface area contributed by atoms with Crippen LogP contribution in [0.25, 0.3) is 5.57 Å². The van der Waals surface area contributed by atoms with Gasteiger partial charge in [-0.1, -0.05) is 32.0 Å². The van der Waals surface area contributed by atoms with Gasteiger partial charge in [0.25, 0.3) is 0 Å². The summed E-state index contributed by atoms with van der Waals surface area (Å²) in [6, 6.07) is 7.98. The van der Waals surface area contributed by atoms with Crippen LogP contribution in [0.4, 0.5) is 0 Å². The lowest BCUT2D eigenvalue weighted by Crippen LogP contribution is -2.22. The second-order valence-corrected chi connectivity index (χ2v) is 4.68. The van der Waals surface area contributed by atoms with E-state index in [0.29, 0.717) is 12.3 Å². The molecule has 0 amide bonds. The molecule has 1 atom stereocenters. The summed E-state index contributed by atoms with van der Waals surface area (Å²) in [6.45, 7) is 4.10. The van der Waals surface area contributed by atoms with Crippen LogP contribution < -0.4 is 4.74 Å². The molecular weight excluding hydrogens is 224 g/mol. The molecule has 96 valence electrons. The molecule has 0 N–H and O–H groups in total. The normalized spacial score (nSPS) is 18.5. The van der Waals surface area contributed by atoms with Crippen molar-refractivity contribution in [3.05, 3.63) is 35.4 Å². The van der Waals surface area contributed by atoms with Crippen LogP contribution in [0.2, 0.25) is 0 Å². The Labute approximate surface area is 109 Å². The van der Waals surface area contributed by atoms with Crippen molar-refractivity contribution in [3.8, 4) is 5.75 Å². The van der Waals surface area contributed by atoms with E-state index in [1.54, 1.807) is 7.11 Å². The van der Waals surface area contributed by atoms with Gasteiger partial charge in [-0.15, -0.1) is 0 Å². The van der Waals surface area contributed by atoms with Crippen molar-refractivity contribution in [3.63, 3.8) is 0 Å². The lowest BCUT2D eigenvalue weighted by molar-refractivity contribution is -0.115. The second kappa shape index (κ2) is 5.38. The van der Waals surface area contributed by atoms with Gasteiger partial charge in [0, 0.05) is 12.0 Å². The number of ether oxygens (including phenoxy) is 1. The highest BCUT2D eigenvalue weighted by Crippen LogP contribution is 2.46. The second-order valence-electron chi connectivity index (χ2n) is 4.68. The summed E-state index contributed by atoms with van der Waals surface area (Å²) in [7, 11) is 1.68. The van der Waals surface area contributed by atoms with E-state index in [4.69, 9.17) is 4.74 Å². The number of hydrogen-bond acceptors (Lipinski definition) is 2. The Morgan fingerprint density at radius 3 is 2.67 bits per heavy atom. The number of methoxy groups -OCH3 is 1. The van der Waals surface area contributed by atoms with Gasteiger partial charge in [0.15, 0.2) is 5.78 Å². The molecule has 1 aromatic rings. The van der Waals surface area contributed by atoms with Crippen molar-refractivity contribution in [1.29, 1.82) is 0 Å². The molecule has 0 bridgehead atoms. The molecule has 0 saturated heterocycles. The summed E-state index contributed by atoms with van der Waals surface area (Å²) < 4.78 is 5.41. The van der Waals surface area contributed by atoms with Gasteiger partial charge < -0.3 is 4.74 Å². The third kappa shape index (κ3) is 2.07. The highest BCUT2D eigenvalue weighted by atomic mass is 16.5. The Kier molecular flexibility index (Phi) is 3.85. The summed E-state index contributed by atoms with van der Waals surface area (Å²) in [6.07, 6.45) is 2.59. The quantitative estimate of drug-likeness (QED) is 0.786. The smallest absolute Gasteiger partial charge is 0.158 e. The average Bonchev–Trinajstić information content (AvgIpc) is 2.38. The Balaban J connectivity index is 2.48. The highest BCUT2D eigenvalue weighted by molar-refractivity contribution is 6.06. The fraction of sp³-hybridized carbons (Fsp3) is 0.438. The van der Waals surface area contributed by atoms with Gasteiger partial charge >= 0.3 is 0 Å². The molecule has 0 aromatic heterocycles. The van der Waals surface area contributed by atoms with Crippen LogP contribution in [-0.2, 0) is 4.79 Å². The van der Waals surface area contributed by atoms with E-state index in [0.717, 1.165) is 29.7 Å². The van der Waals surface area contributed by atoms with Crippen molar-refractivity contribution in [2.24, 2.45) is 5.92 Å². The monoisotopic (exact) mass is 244 g/mol. The number of ketones is 1. The average molecular weight is 244 g/mol. The van der Waals surface area contributed by atoms with Gasteiger partial charge in [-0.3, -0.25) is 4.79 Å². The largest absolute Gasteiger partial charge is 0.496 e. The molecule has 2 rings (SSSR count). The van der Waals surface area contributed by atoms with Crippen molar-refractivity contribution in [2.45, 2.75) is 33.1 Å². The summed E-state index contributed by atoms with van der Waals surface area (Å²) in [5.41, 5.74) is 3.31. The van der Waals surface area contributed by atoms with Crippen LogP contribution in [-0.4, -0.2) is 12.9 Å². The fourth-order valence-corrected chi connectivity index (χ4v) is 2.65. The molecule has 1 aliphatic rings. The van der Waals surface area contributed by atoms with Crippen LogP contribution in [0.15, 0.2) is 29.8 Å². The number of rotatable bonds is 5. The van der Waals surface area contributed by atoms with Gasteiger partial charge in [0.2, 0.25) is 0 Å². The topological polar surface area (TPSA) is 26.3 Å². The number of carbonyl (C=O) groups is 1. The van der Waals surface area contributed by atoms with Crippen LogP contribution in [0.3, 0.4) is 0 Å². The summed E-state index contributed by atoms with van der Waals surface area (Å²) >= 11 is 0. The maximum atomic E-state index is 11.9. The van der Waals surface area contributed by atoms with E-state index < -0.39 is 0 Å². The van der Waals surface area contributed by atoms with Crippen molar-refractivity contribution >= 4 is 11.4 Å². The van der Waals surface area contributed by atoms with Gasteiger partial charge in [-0.2, -0.15) is 0 Å². The molecule has 0 radical (unpaired) electrons. The van der Waals surface area contributed by atoms with E-state index in [2.05, 4.69) is 13.0 Å². The zero-order valence-corrected chi connectivity index (χ0v) is 11.3. The molecule has 0 aliphatic heterocycles. The van der Waals surface area contributed by atoms with Crippen LogP contribution in [0.5, 0.6) is 5.75 Å². The first-order chi connectivity index (χ1) is 8.72. The van der Waals surface area contributed by atoms with E-state index >= 15 is 0 Å². The highest BCUT2D eigenvalue weighted by Gasteiger charge is 2.33. The van der Waals surface area contributed by atoms with Crippen LogP contribution in [0, 0.1) is 5.92 Å². The minimum absolute atomic E-state index is 0.278. The minimum Gasteiger partial charge on any atom is -0.496 e. The van der Waals surface area contributed by atoms with E-state index in [1.807, 2.05) is 25.1 Å².